The molecule has 0 aromatic heterocycles. The Bertz CT molecular complexity index is 774. The number of anilines is 1. The van der Waals surface area contributed by atoms with Gasteiger partial charge in [0.05, 0.1) is 26.5 Å². The van der Waals surface area contributed by atoms with Gasteiger partial charge >= 0.3 is 0 Å². The van der Waals surface area contributed by atoms with Crippen LogP contribution in [0.3, 0.4) is 0 Å². The zero-order valence-corrected chi connectivity index (χ0v) is 15.1. The van der Waals surface area contributed by atoms with Crippen molar-refractivity contribution in [2.75, 3.05) is 26.1 Å². The van der Waals surface area contributed by atoms with Gasteiger partial charge in [-0.05, 0) is 48.9 Å². The van der Waals surface area contributed by atoms with E-state index in [0.717, 1.165) is 5.56 Å². The summed E-state index contributed by atoms with van der Waals surface area (Å²) < 4.78 is 16.0. The summed E-state index contributed by atoms with van der Waals surface area (Å²) in [5.74, 6) is 1.51. The van der Waals surface area contributed by atoms with Crippen molar-refractivity contribution in [2.24, 2.45) is 0 Å². The topological polar surface area (TPSA) is 56.8 Å². The quantitative estimate of drug-likeness (QED) is 0.742. The van der Waals surface area contributed by atoms with Gasteiger partial charge in [0.15, 0.2) is 11.5 Å². The molecule has 132 valence electrons. The Kier molecular flexibility index (Phi) is 6.71. The molecule has 25 heavy (non-hydrogen) atoms. The number of methoxy groups -OCH3 is 2. The lowest BCUT2D eigenvalue weighted by Crippen LogP contribution is -2.08. The van der Waals surface area contributed by atoms with Crippen LogP contribution in [0.15, 0.2) is 42.5 Å². The van der Waals surface area contributed by atoms with Crippen LogP contribution in [0.2, 0.25) is 5.02 Å². The van der Waals surface area contributed by atoms with Crippen molar-refractivity contribution in [3.63, 3.8) is 0 Å². The summed E-state index contributed by atoms with van der Waals surface area (Å²) in [6.07, 6.45) is 3.11. The van der Waals surface area contributed by atoms with Crippen molar-refractivity contribution in [1.82, 2.24) is 0 Å². The average Bonchev–Trinajstić information content (AvgIpc) is 2.61. The molecule has 2 rings (SSSR count). The zero-order chi connectivity index (χ0) is 18.2. The number of nitrogens with one attached hydrogen (secondary N) is 1. The molecule has 0 unspecified atom stereocenters. The highest BCUT2D eigenvalue weighted by molar-refractivity contribution is 6.31. The Labute approximate surface area is 152 Å². The lowest BCUT2D eigenvalue weighted by molar-refractivity contribution is -0.111. The third-order valence-electron chi connectivity index (χ3n) is 3.33. The van der Waals surface area contributed by atoms with Gasteiger partial charge in [0.2, 0.25) is 5.91 Å². The van der Waals surface area contributed by atoms with Gasteiger partial charge in [0.1, 0.15) is 5.75 Å². The fraction of sp³-hybridized carbons (Fsp3) is 0.211. The molecule has 0 aliphatic rings. The Morgan fingerprint density at radius 1 is 1.08 bits per heavy atom. The lowest BCUT2D eigenvalue weighted by atomic mass is 10.2. The van der Waals surface area contributed by atoms with E-state index in [1.54, 1.807) is 43.5 Å². The van der Waals surface area contributed by atoms with Crippen LogP contribution in [-0.4, -0.2) is 26.7 Å². The minimum Gasteiger partial charge on any atom is -0.495 e. The summed E-state index contributed by atoms with van der Waals surface area (Å²) in [6.45, 7) is 2.46. The van der Waals surface area contributed by atoms with Crippen LogP contribution in [0.1, 0.15) is 12.5 Å². The third-order valence-corrected chi connectivity index (χ3v) is 3.57. The summed E-state index contributed by atoms with van der Waals surface area (Å²) in [6, 6.07) is 10.5. The second kappa shape index (κ2) is 8.99. The Morgan fingerprint density at radius 3 is 2.48 bits per heavy atom. The molecule has 0 aliphatic heterocycles. The fourth-order valence-electron chi connectivity index (χ4n) is 2.19. The maximum atomic E-state index is 12.1. The molecule has 0 fully saturated rings. The zero-order valence-electron chi connectivity index (χ0n) is 14.3. The van der Waals surface area contributed by atoms with E-state index in [1.165, 1.54) is 13.2 Å². The van der Waals surface area contributed by atoms with Crippen LogP contribution in [-0.2, 0) is 4.79 Å². The highest BCUT2D eigenvalue weighted by Crippen LogP contribution is 2.29. The van der Waals surface area contributed by atoms with Crippen molar-refractivity contribution >= 4 is 29.3 Å². The van der Waals surface area contributed by atoms with E-state index >= 15 is 0 Å². The molecule has 2 aromatic rings. The van der Waals surface area contributed by atoms with Crippen molar-refractivity contribution < 1.29 is 19.0 Å². The minimum atomic E-state index is -0.298. The van der Waals surface area contributed by atoms with Gasteiger partial charge in [-0.15, -0.1) is 0 Å². The highest BCUT2D eigenvalue weighted by Gasteiger charge is 2.07. The molecule has 5 nitrogen and oxygen atoms in total. The van der Waals surface area contributed by atoms with Gasteiger partial charge in [-0.2, -0.15) is 0 Å². The molecule has 1 amide bonds. The summed E-state index contributed by atoms with van der Waals surface area (Å²) in [5.41, 5.74) is 1.32. The molecule has 0 aliphatic carbocycles. The average molecular weight is 362 g/mol. The molecular formula is C19H20ClNO4. The molecule has 0 spiro atoms. The van der Waals surface area contributed by atoms with Crippen molar-refractivity contribution in [3.8, 4) is 17.2 Å². The molecule has 0 bridgehead atoms. The fourth-order valence-corrected chi connectivity index (χ4v) is 2.36. The minimum absolute atomic E-state index is 0.298. The van der Waals surface area contributed by atoms with Crippen LogP contribution in [0.5, 0.6) is 17.2 Å². The molecule has 0 atom stereocenters. The largest absolute Gasteiger partial charge is 0.495 e. The van der Waals surface area contributed by atoms with E-state index in [4.69, 9.17) is 25.8 Å². The predicted molar refractivity (Wildman–Crippen MR) is 99.8 cm³/mol. The number of benzene rings is 2. The SMILES string of the molecule is CCOc1ccc(C=CC(=O)Nc2cc(Cl)ccc2OC)cc1OC. The molecule has 1 N–H and O–H groups in total. The number of hydrogen-bond acceptors (Lipinski definition) is 4. The van der Waals surface area contributed by atoms with Crippen molar-refractivity contribution in [3.05, 3.63) is 53.1 Å². The third kappa shape index (κ3) is 5.16. The predicted octanol–water partition coefficient (Wildman–Crippen LogP) is 4.41. The first-order chi connectivity index (χ1) is 12.1. The first kappa shape index (κ1) is 18.7. The summed E-state index contributed by atoms with van der Waals surface area (Å²) in [4.78, 5) is 12.1. The van der Waals surface area contributed by atoms with Crippen molar-refractivity contribution in [2.45, 2.75) is 6.92 Å². The van der Waals surface area contributed by atoms with Gasteiger partial charge in [-0.3, -0.25) is 4.79 Å². The standard InChI is InChI=1S/C19H20ClNO4/c1-4-25-17-8-5-13(11-18(17)24-3)6-10-19(22)21-15-12-14(20)7-9-16(15)23-2/h5-12H,4H2,1-3H3,(H,21,22). The lowest BCUT2D eigenvalue weighted by Gasteiger charge is -2.10. The van der Waals surface area contributed by atoms with Crippen LogP contribution < -0.4 is 19.5 Å². The number of ether oxygens (including phenoxy) is 3. The van der Waals surface area contributed by atoms with E-state index in [-0.39, 0.29) is 5.91 Å². The molecule has 0 heterocycles. The molecule has 6 heteroatoms. The maximum Gasteiger partial charge on any atom is 0.248 e. The van der Waals surface area contributed by atoms with Gasteiger partial charge in [0, 0.05) is 11.1 Å². The van der Waals surface area contributed by atoms with Crippen LogP contribution in [0.4, 0.5) is 5.69 Å². The van der Waals surface area contributed by atoms with E-state index in [0.29, 0.717) is 34.6 Å². The van der Waals surface area contributed by atoms with Crippen LogP contribution >= 0.6 is 11.6 Å². The number of amides is 1. The van der Waals surface area contributed by atoms with Gasteiger partial charge in [0.25, 0.3) is 0 Å². The van der Waals surface area contributed by atoms with Crippen molar-refractivity contribution in [1.29, 1.82) is 0 Å². The molecule has 0 saturated carbocycles. The maximum absolute atomic E-state index is 12.1. The second-order valence-corrected chi connectivity index (χ2v) is 5.45. The number of carbonyl (C=O) groups excluding carboxylic acids is 1. The highest BCUT2D eigenvalue weighted by atomic mass is 35.5. The first-order valence-corrected chi connectivity index (χ1v) is 8.08. The smallest absolute Gasteiger partial charge is 0.248 e. The van der Waals surface area contributed by atoms with E-state index in [2.05, 4.69) is 5.32 Å². The molecule has 2 aromatic carbocycles. The van der Waals surface area contributed by atoms with Crippen LogP contribution in [0, 0.1) is 0 Å². The number of halogens is 1. The van der Waals surface area contributed by atoms with Gasteiger partial charge < -0.3 is 19.5 Å². The monoisotopic (exact) mass is 361 g/mol. The summed E-state index contributed by atoms with van der Waals surface area (Å²) in [5, 5.41) is 3.25. The number of hydrogen-bond donors (Lipinski definition) is 1. The second-order valence-electron chi connectivity index (χ2n) is 5.01. The Balaban J connectivity index is 2.11. The molecular weight excluding hydrogens is 342 g/mol. The summed E-state index contributed by atoms with van der Waals surface area (Å²) >= 11 is 5.95. The van der Waals surface area contributed by atoms with E-state index in [1.807, 2.05) is 13.0 Å². The molecule has 0 radical (unpaired) electrons. The Morgan fingerprint density at radius 2 is 1.80 bits per heavy atom. The van der Waals surface area contributed by atoms with Crippen LogP contribution in [0.25, 0.3) is 6.08 Å². The van der Waals surface area contributed by atoms with E-state index < -0.39 is 0 Å². The summed E-state index contributed by atoms with van der Waals surface area (Å²) in [7, 11) is 3.10. The van der Waals surface area contributed by atoms with Gasteiger partial charge in [-0.1, -0.05) is 17.7 Å². The first-order valence-electron chi connectivity index (χ1n) is 7.70. The molecule has 0 saturated heterocycles. The number of carbonyl (C=O) groups is 1. The van der Waals surface area contributed by atoms with E-state index in [9.17, 15) is 4.79 Å². The number of rotatable bonds is 7. The normalized spacial score (nSPS) is 10.6. The Hall–Kier alpha value is -2.66. The van der Waals surface area contributed by atoms with Gasteiger partial charge in [-0.25, -0.2) is 0 Å².